The Morgan fingerprint density at radius 2 is 2.08 bits per heavy atom. The zero-order chi connectivity index (χ0) is 18.9. The Hall–Kier alpha value is -2.77. The summed E-state index contributed by atoms with van der Waals surface area (Å²) in [6.07, 6.45) is -3.02. The van der Waals surface area contributed by atoms with E-state index in [9.17, 15) is 22.8 Å². The van der Waals surface area contributed by atoms with Crippen LogP contribution in [0, 0.1) is 5.92 Å². The number of alkyl halides is 3. The number of carbonyl (C=O) groups excluding carboxylic acids is 2. The highest BCUT2D eigenvalue weighted by Crippen LogP contribution is 2.33. The molecule has 8 heteroatoms. The molecule has 3 rings (SSSR count). The zero-order valence-electron chi connectivity index (χ0n) is 14.0. The van der Waals surface area contributed by atoms with E-state index in [0.717, 1.165) is 12.1 Å². The highest BCUT2D eigenvalue weighted by Gasteiger charge is 2.38. The number of hydrogen-bond acceptors (Lipinski definition) is 3. The van der Waals surface area contributed by atoms with Gasteiger partial charge in [0.2, 0.25) is 11.8 Å². The van der Waals surface area contributed by atoms with Crippen LogP contribution in [-0.2, 0) is 22.3 Å². The Morgan fingerprint density at radius 3 is 2.73 bits per heavy atom. The van der Waals surface area contributed by atoms with Gasteiger partial charge in [0.15, 0.2) is 0 Å². The summed E-state index contributed by atoms with van der Waals surface area (Å²) in [4.78, 5) is 27.5. The Morgan fingerprint density at radius 1 is 1.31 bits per heavy atom. The van der Waals surface area contributed by atoms with Crippen molar-refractivity contribution >= 4 is 17.5 Å². The number of anilines is 1. The molecule has 0 N–H and O–H groups in total. The van der Waals surface area contributed by atoms with Crippen LogP contribution in [0.15, 0.2) is 47.1 Å². The third-order valence-electron chi connectivity index (χ3n) is 4.31. The molecule has 1 saturated heterocycles. The summed E-state index contributed by atoms with van der Waals surface area (Å²) in [5.41, 5.74) is -0.679. The average molecular weight is 366 g/mol. The van der Waals surface area contributed by atoms with Crippen LogP contribution in [0.4, 0.5) is 18.9 Å². The standard InChI is InChI=1S/C18H17F3N2O3/c1-22(11-15-6-3-7-26-15)17(25)12-8-16(24)23(10-12)14-5-2-4-13(9-14)18(19,20)21/h2-7,9,12H,8,10-11H2,1H3. The van der Waals surface area contributed by atoms with Gasteiger partial charge in [0, 0.05) is 25.7 Å². The fraction of sp³-hybridized carbons (Fsp3) is 0.333. The first kappa shape index (κ1) is 18.0. The molecule has 1 atom stereocenters. The van der Waals surface area contributed by atoms with Crippen molar-refractivity contribution in [3.05, 3.63) is 54.0 Å². The van der Waals surface area contributed by atoms with Crippen molar-refractivity contribution in [2.75, 3.05) is 18.5 Å². The fourth-order valence-electron chi connectivity index (χ4n) is 3.00. The largest absolute Gasteiger partial charge is 0.467 e. The van der Waals surface area contributed by atoms with E-state index >= 15 is 0 Å². The number of benzene rings is 1. The molecule has 1 aromatic heterocycles. The second-order valence-electron chi connectivity index (χ2n) is 6.23. The number of rotatable bonds is 4. The number of nitrogens with zero attached hydrogens (tertiary/aromatic N) is 2. The molecule has 1 aliphatic heterocycles. The molecule has 1 fully saturated rings. The highest BCUT2D eigenvalue weighted by atomic mass is 19.4. The maximum absolute atomic E-state index is 12.9. The normalized spacial score (nSPS) is 17.6. The van der Waals surface area contributed by atoms with Crippen LogP contribution < -0.4 is 4.90 Å². The van der Waals surface area contributed by atoms with Gasteiger partial charge in [-0.2, -0.15) is 13.2 Å². The number of hydrogen-bond donors (Lipinski definition) is 0. The van der Waals surface area contributed by atoms with Crippen molar-refractivity contribution in [1.29, 1.82) is 0 Å². The van der Waals surface area contributed by atoms with Crippen LogP contribution in [0.25, 0.3) is 0 Å². The van der Waals surface area contributed by atoms with E-state index in [-0.39, 0.29) is 37.0 Å². The van der Waals surface area contributed by atoms with Gasteiger partial charge in [0.25, 0.3) is 0 Å². The van der Waals surface area contributed by atoms with Crippen LogP contribution in [0.5, 0.6) is 0 Å². The van der Waals surface area contributed by atoms with Gasteiger partial charge in [-0.15, -0.1) is 0 Å². The maximum Gasteiger partial charge on any atom is 0.416 e. The molecule has 5 nitrogen and oxygen atoms in total. The van der Waals surface area contributed by atoms with E-state index in [4.69, 9.17) is 4.42 Å². The smallest absolute Gasteiger partial charge is 0.416 e. The lowest BCUT2D eigenvalue weighted by molar-refractivity contribution is -0.137. The topological polar surface area (TPSA) is 53.8 Å². The highest BCUT2D eigenvalue weighted by molar-refractivity contribution is 6.00. The molecule has 26 heavy (non-hydrogen) atoms. The van der Waals surface area contributed by atoms with Crippen molar-refractivity contribution in [3.8, 4) is 0 Å². The Labute approximate surface area is 148 Å². The van der Waals surface area contributed by atoms with Crippen LogP contribution in [-0.4, -0.2) is 30.3 Å². The first-order valence-electron chi connectivity index (χ1n) is 8.00. The SMILES string of the molecule is CN(Cc1ccco1)C(=O)C1CC(=O)N(c2cccc(C(F)(F)F)c2)C1. The Bertz CT molecular complexity index is 802. The lowest BCUT2D eigenvalue weighted by Crippen LogP contribution is -2.34. The first-order chi connectivity index (χ1) is 12.3. The average Bonchev–Trinajstić information content (AvgIpc) is 3.23. The van der Waals surface area contributed by atoms with Crippen molar-refractivity contribution in [1.82, 2.24) is 4.90 Å². The summed E-state index contributed by atoms with van der Waals surface area (Å²) >= 11 is 0. The molecule has 2 amide bonds. The number of furan rings is 1. The molecular weight excluding hydrogens is 349 g/mol. The molecule has 0 bridgehead atoms. The fourth-order valence-corrected chi connectivity index (χ4v) is 3.00. The predicted molar refractivity (Wildman–Crippen MR) is 87.1 cm³/mol. The van der Waals surface area contributed by atoms with E-state index in [2.05, 4.69) is 0 Å². The minimum atomic E-state index is -4.49. The molecule has 0 radical (unpaired) electrons. The summed E-state index contributed by atoms with van der Waals surface area (Å²) < 4.78 is 43.8. The third kappa shape index (κ3) is 3.74. The van der Waals surface area contributed by atoms with Gasteiger partial charge in [-0.3, -0.25) is 9.59 Å². The van der Waals surface area contributed by atoms with Gasteiger partial charge in [0.05, 0.1) is 24.3 Å². The number of amides is 2. The molecular formula is C18H17F3N2O3. The maximum atomic E-state index is 12.9. The second-order valence-corrected chi connectivity index (χ2v) is 6.23. The number of halogens is 3. The third-order valence-corrected chi connectivity index (χ3v) is 4.31. The summed E-state index contributed by atoms with van der Waals surface area (Å²) in [6.45, 7) is 0.321. The van der Waals surface area contributed by atoms with Gasteiger partial charge in [-0.1, -0.05) is 6.07 Å². The Balaban J connectivity index is 1.71. The van der Waals surface area contributed by atoms with E-state index < -0.39 is 17.7 Å². The summed E-state index contributed by atoms with van der Waals surface area (Å²) in [5.74, 6) is -0.602. The Kier molecular flexibility index (Phi) is 4.76. The van der Waals surface area contributed by atoms with Gasteiger partial charge < -0.3 is 14.2 Å². The first-order valence-corrected chi connectivity index (χ1v) is 8.00. The summed E-state index contributed by atoms with van der Waals surface area (Å²) in [7, 11) is 1.60. The minimum Gasteiger partial charge on any atom is -0.467 e. The van der Waals surface area contributed by atoms with Crippen LogP contribution >= 0.6 is 0 Å². The molecule has 0 aliphatic carbocycles. The van der Waals surface area contributed by atoms with Gasteiger partial charge in [-0.25, -0.2) is 0 Å². The van der Waals surface area contributed by atoms with Gasteiger partial charge >= 0.3 is 6.18 Å². The lowest BCUT2D eigenvalue weighted by atomic mass is 10.1. The van der Waals surface area contributed by atoms with Crippen molar-refractivity contribution in [2.24, 2.45) is 5.92 Å². The van der Waals surface area contributed by atoms with E-state index in [1.165, 1.54) is 28.2 Å². The zero-order valence-corrected chi connectivity index (χ0v) is 14.0. The van der Waals surface area contributed by atoms with Gasteiger partial charge in [0.1, 0.15) is 5.76 Å². The van der Waals surface area contributed by atoms with Gasteiger partial charge in [-0.05, 0) is 30.3 Å². The molecule has 2 heterocycles. The predicted octanol–water partition coefficient (Wildman–Crippen LogP) is 3.31. The molecule has 2 aromatic rings. The second kappa shape index (κ2) is 6.86. The van der Waals surface area contributed by atoms with Crippen molar-refractivity contribution < 1.29 is 27.2 Å². The van der Waals surface area contributed by atoms with Crippen LogP contribution in [0.3, 0.4) is 0 Å². The molecule has 1 unspecified atom stereocenters. The van der Waals surface area contributed by atoms with E-state index in [1.54, 1.807) is 19.2 Å². The van der Waals surface area contributed by atoms with E-state index in [1.807, 2.05) is 0 Å². The molecule has 0 saturated carbocycles. The molecule has 1 aromatic carbocycles. The molecule has 0 spiro atoms. The quantitative estimate of drug-likeness (QED) is 0.834. The van der Waals surface area contributed by atoms with Crippen LogP contribution in [0.1, 0.15) is 17.7 Å². The molecule has 1 aliphatic rings. The molecule has 138 valence electrons. The monoisotopic (exact) mass is 366 g/mol. The summed E-state index contributed by atoms with van der Waals surface area (Å²) in [6, 6.07) is 8.01. The van der Waals surface area contributed by atoms with Crippen LogP contribution in [0.2, 0.25) is 0 Å². The van der Waals surface area contributed by atoms with Crippen molar-refractivity contribution in [3.63, 3.8) is 0 Å². The van der Waals surface area contributed by atoms with Crippen molar-refractivity contribution in [2.45, 2.75) is 19.1 Å². The summed E-state index contributed by atoms with van der Waals surface area (Å²) in [5, 5.41) is 0. The lowest BCUT2D eigenvalue weighted by Gasteiger charge is -2.21. The van der Waals surface area contributed by atoms with E-state index in [0.29, 0.717) is 5.76 Å². The number of carbonyl (C=O) groups is 2. The minimum absolute atomic E-state index is 0.0302.